The van der Waals surface area contributed by atoms with E-state index in [0.717, 1.165) is 26.4 Å². The summed E-state index contributed by atoms with van der Waals surface area (Å²) in [6.45, 7) is 8.14. The summed E-state index contributed by atoms with van der Waals surface area (Å²) in [5.41, 5.74) is 1.04. The first-order valence-corrected chi connectivity index (χ1v) is 22.2. The van der Waals surface area contributed by atoms with Gasteiger partial charge in [0.1, 0.15) is 0 Å². The van der Waals surface area contributed by atoms with Crippen molar-refractivity contribution in [2.45, 2.75) is 44.9 Å². The number of ether oxygens (including phenoxy) is 2. The molecule has 0 N–H and O–H groups in total. The molecule has 2 saturated heterocycles. The second-order valence-corrected chi connectivity index (χ2v) is 28.1. The summed E-state index contributed by atoms with van der Waals surface area (Å²) < 4.78 is 11.8. The predicted molar refractivity (Wildman–Crippen MR) is 103 cm³/mol. The zero-order valence-electron chi connectivity index (χ0n) is 14.5. The molecular formula is C18H28Cl3O2Ta. The molecular weight excluding hydrogens is 536 g/mol. The van der Waals surface area contributed by atoms with Gasteiger partial charge in [0, 0.05) is 26.4 Å². The van der Waals surface area contributed by atoms with E-state index in [0.29, 0.717) is 0 Å². The third-order valence-corrected chi connectivity index (χ3v) is 9.41. The minimum atomic E-state index is -3.43. The summed E-state index contributed by atoms with van der Waals surface area (Å²) in [4.78, 5) is 0. The standard InChI is InChI=1S/C10H12.2C4H8O.3ClH.Ta/c1-10(2,3)9-7-5-4-6-8-9;2*1-2-4-5-3-1;;;;/h1,4-8H,2-3H3;2*1-4H2;3*1H;/q;;;;;;+3/p-3. The zero-order valence-corrected chi connectivity index (χ0v) is 20.0. The van der Waals surface area contributed by atoms with Crippen LogP contribution in [0, 0.1) is 0 Å². The Morgan fingerprint density at radius 2 is 1.25 bits per heavy atom. The van der Waals surface area contributed by atoms with E-state index in [9.17, 15) is 0 Å². The maximum absolute atomic E-state index is 5.96. The molecule has 2 heterocycles. The normalized spacial score (nSPS) is 17.4. The first-order valence-electron chi connectivity index (χ1n) is 8.37. The van der Waals surface area contributed by atoms with Gasteiger partial charge in [0.2, 0.25) is 0 Å². The van der Waals surface area contributed by atoms with Crippen molar-refractivity contribution in [2.24, 2.45) is 0 Å². The van der Waals surface area contributed by atoms with Gasteiger partial charge in [0.15, 0.2) is 0 Å². The fourth-order valence-electron chi connectivity index (χ4n) is 2.33. The summed E-state index contributed by atoms with van der Waals surface area (Å²) in [6, 6.07) is 10.1. The summed E-state index contributed by atoms with van der Waals surface area (Å²) in [5, 5.41) is 0. The van der Waals surface area contributed by atoms with E-state index in [1.165, 1.54) is 31.2 Å². The van der Waals surface area contributed by atoms with Gasteiger partial charge in [-0.15, -0.1) is 0 Å². The van der Waals surface area contributed by atoms with Crippen LogP contribution in [0.3, 0.4) is 0 Å². The summed E-state index contributed by atoms with van der Waals surface area (Å²) in [7, 11) is 17.9. The molecule has 24 heavy (non-hydrogen) atoms. The van der Waals surface area contributed by atoms with Gasteiger partial charge in [-0.3, -0.25) is 0 Å². The van der Waals surface area contributed by atoms with E-state index < -0.39 is 13.4 Å². The van der Waals surface area contributed by atoms with E-state index >= 15 is 0 Å². The van der Waals surface area contributed by atoms with Crippen molar-refractivity contribution in [3.05, 3.63) is 35.9 Å². The molecule has 0 amide bonds. The molecule has 6 heteroatoms. The van der Waals surface area contributed by atoms with Crippen LogP contribution in [0.5, 0.6) is 0 Å². The molecule has 0 atom stereocenters. The van der Waals surface area contributed by atoms with Crippen LogP contribution in [-0.2, 0) is 28.3 Å². The molecule has 2 aliphatic heterocycles. The van der Waals surface area contributed by atoms with E-state index in [1.54, 1.807) is 0 Å². The molecule has 138 valence electrons. The number of benzene rings is 1. The SMILES string of the molecule is C1CCOC1.C1CCOC1.CC(C)([CH]=[Ta]([Cl])([Cl])[Cl])c1ccccc1. The molecule has 0 aromatic heterocycles. The second-order valence-electron chi connectivity index (χ2n) is 6.34. The third kappa shape index (κ3) is 11.3. The van der Waals surface area contributed by atoms with Crippen molar-refractivity contribution in [1.29, 1.82) is 0 Å². The molecule has 2 nitrogen and oxygen atoms in total. The Morgan fingerprint density at radius 3 is 1.54 bits per heavy atom. The summed E-state index contributed by atoms with van der Waals surface area (Å²) >= 11 is -3.43. The molecule has 2 fully saturated rings. The Labute approximate surface area is 161 Å². The molecule has 0 aliphatic carbocycles. The van der Waals surface area contributed by atoms with Crippen LogP contribution < -0.4 is 0 Å². The fraction of sp³-hybridized carbons (Fsp3) is 0.611. The quantitative estimate of drug-likeness (QED) is 0.441. The molecule has 0 unspecified atom stereocenters. The third-order valence-electron chi connectivity index (χ3n) is 3.64. The van der Waals surface area contributed by atoms with Gasteiger partial charge in [-0.05, 0) is 25.7 Å². The van der Waals surface area contributed by atoms with Gasteiger partial charge < -0.3 is 9.47 Å². The minimum absolute atomic E-state index is 0.148. The Kier molecular flexibility index (Phi) is 11.4. The van der Waals surface area contributed by atoms with Crippen LogP contribution in [-0.4, -0.2) is 30.7 Å². The average molecular weight is 564 g/mol. The van der Waals surface area contributed by atoms with Gasteiger partial charge in [0.05, 0.1) is 0 Å². The Morgan fingerprint density at radius 1 is 0.833 bits per heavy atom. The van der Waals surface area contributed by atoms with E-state index in [4.69, 9.17) is 37.0 Å². The first kappa shape index (κ1) is 22.7. The molecule has 1 aromatic rings. The van der Waals surface area contributed by atoms with Crippen LogP contribution in [0.15, 0.2) is 30.3 Å². The number of rotatable bonds is 2. The number of hydrogen-bond donors (Lipinski definition) is 0. The molecule has 0 saturated carbocycles. The van der Waals surface area contributed by atoms with Crippen LogP contribution in [0.1, 0.15) is 45.1 Å². The number of halogens is 3. The average Bonchev–Trinajstić information content (AvgIpc) is 3.24. The van der Waals surface area contributed by atoms with Gasteiger partial charge in [-0.25, -0.2) is 0 Å². The molecule has 0 radical (unpaired) electrons. The molecule has 2 aliphatic rings. The zero-order chi connectivity index (χ0) is 17.9. The van der Waals surface area contributed by atoms with Crippen molar-refractivity contribution in [3.63, 3.8) is 0 Å². The Bertz CT molecular complexity index is 459. The molecule has 3 rings (SSSR count). The second kappa shape index (κ2) is 12.1. The van der Waals surface area contributed by atoms with Crippen LogP contribution in [0.2, 0.25) is 0 Å². The van der Waals surface area contributed by atoms with Crippen molar-refractivity contribution < 1.29 is 22.9 Å². The molecule has 0 spiro atoms. The Hall–Kier alpha value is 0.620. The van der Waals surface area contributed by atoms with Crippen molar-refractivity contribution in [2.75, 3.05) is 26.4 Å². The Balaban J connectivity index is 0.000000231. The fourth-order valence-corrected chi connectivity index (χ4v) is 11.5. The molecule has 0 bridgehead atoms. The number of hydrogen-bond acceptors (Lipinski definition) is 2. The van der Waals surface area contributed by atoms with Crippen LogP contribution >= 0.6 is 27.6 Å². The summed E-state index contributed by atoms with van der Waals surface area (Å²) in [6.07, 6.45) is 5.11. The van der Waals surface area contributed by atoms with E-state index in [1.807, 2.05) is 22.4 Å². The van der Waals surface area contributed by atoms with Gasteiger partial charge in [-0.2, -0.15) is 0 Å². The van der Waals surface area contributed by atoms with Crippen LogP contribution in [0.4, 0.5) is 0 Å². The van der Waals surface area contributed by atoms with E-state index in [2.05, 4.69) is 26.0 Å². The van der Waals surface area contributed by atoms with Gasteiger partial charge >= 0.3 is 100 Å². The van der Waals surface area contributed by atoms with Gasteiger partial charge in [0.25, 0.3) is 0 Å². The monoisotopic (exact) mass is 562 g/mol. The van der Waals surface area contributed by atoms with Crippen molar-refractivity contribution >= 4 is 31.8 Å². The van der Waals surface area contributed by atoms with E-state index in [-0.39, 0.29) is 5.41 Å². The molecule has 1 aromatic carbocycles. The van der Waals surface area contributed by atoms with Crippen molar-refractivity contribution in [1.82, 2.24) is 0 Å². The maximum atomic E-state index is 5.96. The predicted octanol–water partition coefficient (Wildman–Crippen LogP) is 5.98. The first-order chi connectivity index (χ1) is 11.3. The van der Waals surface area contributed by atoms with Crippen LogP contribution in [0.25, 0.3) is 0 Å². The van der Waals surface area contributed by atoms with Crippen molar-refractivity contribution in [3.8, 4) is 0 Å². The van der Waals surface area contributed by atoms with Gasteiger partial charge in [-0.1, -0.05) is 0 Å². The topological polar surface area (TPSA) is 18.5 Å². The summed E-state index contributed by atoms with van der Waals surface area (Å²) in [5.74, 6) is 0.